The molecule has 1 saturated heterocycles. The highest BCUT2D eigenvalue weighted by atomic mass is 32.1. The van der Waals surface area contributed by atoms with Gasteiger partial charge in [0.05, 0.1) is 0 Å². The predicted octanol–water partition coefficient (Wildman–Crippen LogP) is 1.13. The van der Waals surface area contributed by atoms with Gasteiger partial charge < -0.3 is 16.0 Å². The maximum absolute atomic E-state index is 11.1. The van der Waals surface area contributed by atoms with Crippen LogP contribution >= 0.6 is 11.3 Å². The van der Waals surface area contributed by atoms with Gasteiger partial charge in [0.15, 0.2) is 10.8 Å². The van der Waals surface area contributed by atoms with Crippen LogP contribution in [0.4, 0.5) is 10.9 Å². The first-order valence-corrected chi connectivity index (χ1v) is 7.68. The molecule has 1 aliphatic heterocycles. The fourth-order valence-corrected chi connectivity index (χ4v) is 2.80. The Morgan fingerprint density at radius 3 is 3.18 bits per heavy atom. The molecular formula is C14H14N6OS. The molecule has 0 saturated carbocycles. The van der Waals surface area contributed by atoms with E-state index in [1.807, 2.05) is 18.2 Å². The molecule has 8 heteroatoms. The lowest BCUT2D eigenvalue weighted by Gasteiger charge is -2.11. The summed E-state index contributed by atoms with van der Waals surface area (Å²) >= 11 is 1.36. The van der Waals surface area contributed by atoms with E-state index in [9.17, 15) is 4.79 Å². The van der Waals surface area contributed by atoms with Crippen molar-refractivity contribution in [2.75, 3.05) is 11.9 Å². The Labute approximate surface area is 131 Å². The van der Waals surface area contributed by atoms with Gasteiger partial charge in [-0.1, -0.05) is 0 Å². The predicted molar refractivity (Wildman–Crippen MR) is 82.6 cm³/mol. The summed E-state index contributed by atoms with van der Waals surface area (Å²) in [5.74, 6) is 0.769. The van der Waals surface area contributed by atoms with Crippen molar-refractivity contribution in [3.8, 4) is 6.07 Å². The number of hydrogen-bond donors (Lipinski definition) is 3. The summed E-state index contributed by atoms with van der Waals surface area (Å²) in [6.07, 6.45) is 2.24. The van der Waals surface area contributed by atoms with E-state index < -0.39 is 0 Å². The molecule has 2 aromatic heterocycles. The monoisotopic (exact) mass is 314 g/mol. The minimum atomic E-state index is 0.0895. The normalized spacial score (nSPS) is 17.0. The third-order valence-corrected chi connectivity index (χ3v) is 4.01. The van der Waals surface area contributed by atoms with Crippen molar-refractivity contribution in [3.05, 3.63) is 35.0 Å². The Balaban J connectivity index is 1.60. The van der Waals surface area contributed by atoms with Gasteiger partial charge in [-0.05, 0) is 17.7 Å². The number of nitrogens with zero attached hydrogens (tertiary/aromatic N) is 3. The summed E-state index contributed by atoms with van der Waals surface area (Å²) in [7, 11) is 0. The van der Waals surface area contributed by atoms with Crippen molar-refractivity contribution in [1.82, 2.24) is 20.6 Å². The van der Waals surface area contributed by atoms with Crippen LogP contribution in [0.25, 0.3) is 0 Å². The van der Waals surface area contributed by atoms with Crippen LogP contribution in [0.3, 0.4) is 0 Å². The number of thiazole rings is 1. The number of nitrogens with one attached hydrogen (secondary N) is 3. The van der Waals surface area contributed by atoms with Crippen molar-refractivity contribution in [2.24, 2.45) is 0 Å². The van der Waals surface area contributed by atoms with Gasteiger partial charge >= 0.3 is 0 Å². The smallest absolute Gasteiger partial charge is 0.221 e. The molecule has 3 rings (SSSR count). The molecule has 3 heterocycles. The second kappa shape index (κ2) is 6.51. The van der Waals surface area contributed by atoms with E-state index >= 15 is 0 Å². The van der Waals surface area contributed by atoms with Crippen molar-refractivity contribution < 1.29 is 4.79 Å². The SMILES string of the molecule is N#Cc1csc(Nc2cc(CNC3CNC(=O)C3)ccn2)n1. The average Bonchev–Trinajstić information content (AvgIpc) is 3.14. The van der Waals surface area contributed by atoms with Gasteiger partial charge in [0.25, 0.3) is 0 Å². The Morgan fingerprint density at radius 2 is 2.45 bits per heavy atom. The van der Waals surface area contributed by atoms with Gasteiger partial charge in [-0.3, -0.25) is 4.79 Å². The molecule has 1 amide bonds. The van der Waals surface area contributed by atoms with Crippen molar-refractivity contribution in [2.45, 2.75) is 19.0 Å². The van der Waals surface area contributed by atoms with E-state index in [1.165, 1.54) is 11.3 Å². The van der Waals surface area contributed by atoms with E-state index in [0.717, 1.165) is 5.56 Å². The fourth-order valence-electron chi connectivity index (χ4n) is 2.16. The standard InChI is InChI=1S/C14H14N6OS/c15-5-11-8-22-14(19-11)20-12-3-9(1-2-16-12)6-17-10-4-13(21)18-7-10/h1-3,8,10,17H,4,6-7H2,(H,18,21)(H,16,19,20). The third-order valence-electron chi connectivity index (χ3n) is 3.25. The van der Waals surface area contributed by atoms with Gasteiger partial charge in [-0.2, -0.15) is 5.26 Å². The lowest BCUT2D eigenvalue weighted by Crippen LogP contribution is -2.30. The summed E-state index contributed by atoms with van der Waals surface area (Å²) in [4.78, 5) is 19.5. The molecule has 0 radical (unpaired) electrons. The number of pyridine rings is 1. The first-order valence-electron chi connectivity index (χ1n) is 6.80. The molecule has 0 bridgehead atoms. The highest BCUT2D eigenvalue weighted by Crippen LogP contribution is 2.19. The molecule has 22 heavy (non-hydrogen) atoms. The molecule has 0 aliphatic carbocycles. The molecule has 0 spiro atoms. The minimum Gasteiger partial charge on any atom is -0.354 e. The first kappa shape index (κ1) is 14.4. The molecule has 3 N–H and O–H groups in total. The van der Waals surface area contributed by atoms with Crippen LogP contribution in [-0.2, 0) is 11.3 Å². The molecule has 112 valence electrons. The van der Waals surface area contributed by atoms with Crippen LogP contribution in [0.15, 0.2) is 23.7 Å². The van der Waals surface area contributed by atoms with Crippen molar-refractivity contribution in [3.63, 3.8) is 0 Å². The van der Waals surface area contributed by atoms with E-state index in [4.69, 9.17) is 5.26 Å². The zero-order valence-corrected chi connectivity index (χ0v) is 12.5. The topological polar surface area (TPSA) is 103 Å². The number of rotatable bonds is 5. The van der Waals surface area contributed by atoms with E-state index in [-0.39, 0.29) is 11.9 Å². The zero-order valence-electron chi connectivity index (χ0n) is 11.7. The van der Waals surface area contributed by atoms with Crippen molar-refractivity contribution in [1.29, 1.82) is 5.26 Å². The molecule has 0 aromatic carbocycles. The Bertz CT molecular complexity index is 722. The number of amides is 1. The highest BCUT2D eigenvalue weighted by molar-refractivity contribution is 7.13. The maximum Gasteiger partial charge on any atom is 0.221 e. The Kier molecular flexibility index (Phi) is 4.27. The van der Waals surface area contributed by atoms with E-state index in [0.29, 0.717) is 36.2 Å². The molecule has 1 unspecified atom stereocenters. The molecule has 2 aromatic rings. The summed E-state index contributed by atoms with van der Waals surface area (Å²) in [5.41, 5.74) is 1.46. The van der Waals surface area contributed by atoms with Crippen LogP contribution in [0, 0.1) is 11.3 Å². The minimum absolute atomic E-state index is 0.0895. The third kappa shape index (κ3) is 3.58. The van der Waals surface area contributed by atoms with E-state index in [1.54, 1.807) is 11.6 Å². The summed E-state index contributed by atoms with van der Waals surface area (Å²) < 4.78 is 0. The molecule has 1 atom stereocenters. The maximum atomic E-state index is 11.1. The van der Waals surface area contributed by atoms with Crippen LogP contribution in [-0.4, -0.2) is 28.5 Å². The molecule has 7 nitrogen and oxygen atoms in total. The molecule has 1 aliphatic rings. The zero-order chi connectivity index (χ0) is 15.4. The number of carbonyl (C=O) groups is 1. The lowest BCUT2D eigenvalue weighted by atomic mass is 10.2. The summed E-state index contributed by atoms with van der Waals surface area (Å²) in [5, 5.41) is 20.3. The number of anilines is 2. The summed E-state index contributed by atoms with van der Waals surface area (Å²) in [6, 6.07) is 6.01. The quantitative estimate of drug-likeness (QED) is 0.764. The molecular weight excluding hydrogens is 300 g/mol. The summed E-state index contributed by atoms with van der Waals surface area (Å²) in [6.45, 7) is 1.34. The van der Waals surface area contributed by atoms with Crippen molar-refractivity contribution >= 4 is 28.2 Å². The largest absolute Gasteiger partial charge is 0.354 e. The number of carbonyl (C=O) groups excluding carboxylic acids is 1. The molecule has 1 fully saturated rings. The Morgan fingerprint density at radius 1 is 1.55 bits per heavy atom. The number of hydrogen-bond acceptors (Lipinski definition) is 7. The number of aromatic nitrogens is 2. The first-order chi connectivity index (χ1) is 10.7. The van der Waals surface area contributed by atoms with Crippen LogP contribution in [0.2, 0.25) is 0 Å². The second-order valence-corrected chi connectivity index (χ2v) is 5.77. The lowest BCUT2D eigenvalue weighted by molar-refractivity contribution is -0.119. The van der Waals surface area contributed by atoms with Crippen LogP contribution in [0.5, 0.6) is 0 Å². The van der Waals surface area contributed by atoms with Gasteiger partial charge in [0.2, 0.25) is 5.91 Å². The highest BCUT2D eigenvalue weighted by Gasteiger charge is 2.20. The van der Waals surface area contributed by atoms with Crippen LogP contribution < -0.4 is 16.0 Å². The number of nitriles is 1. The van der Waals surface area contributed by atoms with Crippen LogP contribution in [0.1, 0.15) is 17.7 Å². The fraction of sp³-hybridized carbons (Fsp3) is 0.286. The second-order valence-electron chi connectivity index (χ2n) is 4.91. The van der Waals surface area contributed by atoms with Gasteiger partial charge in [-0.15, -0.1) is 11.3 Å². The Hall–Kier alpha value is -2.50. The van der Waals surface area contributed by atoms with Gasteiger partial charge in [0, 0.05) is 37.1 Å². The van der Waals surface area contributed by atoms with Gasteiger partial charge in [-0.25, -0.2) is 9.97 Å². The van der Waals surface area contributed by atoms with Gasteiger partial charge in [0.1, 0.15) is 11.9 Å². The average molecular weight is 314 g/mol. The van der Waals surface area contributed by atoms with E-state index in [2.05, 4.69) is 25.9 Å².